The Morgan fingerprint density at radius 3 is 2.64 bits per heavy atom. The second-order valence-electron chi connectivity index (χ2n) is 5.47. The topological polar surface area (TPSA) is 18.5 Å². The maximum absolute atomic E-state index is 7.92. The molecule has 0 aromatic carbocycles. The van der Waals surface area contributed by atoms with Crippen LogP contribution >= 0.6 is 22.6 Å². The Labute approximate surface area is 162 Å². The fraction of sp³-hybridized carbons (Fsp3) is 0.895. The Bertz CT molecular complexity index is 517. The van der Waals surface area contributed by atoms with Gasteiger partial charge in [0.15, 0.2) is 6.29 Å². The summed E-state index contributed by atoms with van der Waals surface area (Å²) in [5.74, 6) is 0. The van der Waals surface area contributed by atoms with Gasteiger partial charge in [-0.25, -0.2) is 0 Å². The molecule has 0 radical (unpaired) electrons. The van der Waals surface area contributed by atoms with Gasteiger partial charge < -0.3 is 9.47 Å². The van der Waals surface area contributed by atoms with E-state index in [1.165, 1.54) is 35.1 Å². The van der Waals surface area contributed by atoms with Crippen LogP contribution in [0.3, 0.4) is 0 Å². The lowest BCUT2D eigenvalue weighted by atomic mass is 10.1. The van der Waals surface area contributed by atoms with Gasteiger partial charge in [0.05, 0.1) is 0 Å². The number of unbranched alkanes of at least 4 members (excludes halogenated alkanes) is 6. The third kappa shape index (κ3) is 12.9. The summed E-state index contributed by atoms with van der Waals surface area (Å²) in [5.41, 5.74) is 0. The molecule has 0 amide bonds. The second kappa shape index (κ2) is 16.3. The molecule has 1 saturated heterocycles. The van der Waals surface area contributed by atoms with E-state index in [1.807, 2.05) is 0 Å². The van der Waals surface area contributed by atoms with Gasteiger partial charge in [-0.2, -0.15) is 0 Å². The highest BCUT2D eigenvalue weighted by molar-refractivity contribution is 14.1. The summed E-state index contributed by atoms with van der Waals surface area (Å²) < 4.78 is 70.8. The molecule has 0 aromatic rings. The summed E-state index contributed by atoms with van der Waals surface area (Å²) in [6.45, 7) is 1.53. The molecule has 1 heterocycles. The molecule has 0 aliphatic carbocycles. The summed E-state index contributed by atoms with van der Waals surface area (Å²) in [4.78, 5) is 0. The average Bonchev–Trinajstić information content (AvgIpc) is 2.65. The van der Waals surface area contributed by atoms with Crippen LogP contribution in [0.1, 0.15) is 94.3 Å². The lowest BCUT2D eigenvalue weighted by molar-refractivity contribution is -0.162. The first-order valence-electron chi connectivity index (χ1n) is 12.4. The third-order valence-corrected chi connectivity index (χ3v) is 3.86. The lowest BCUT2D eigenvalue weighted by Gasteiger charge is -2.22. The summed E-state index contributed by atoms with van der Waals surface area (Å²) in [7, 11) is 0. The number of ether oxygens (including phenoxy) is 2. The second-order valence-corrected chi connectivity index (χ2v) is 6.01. The first-order chi connectivity index (χ1) is 13.8. The van der Waals surface area contributed by atoms with Crippen LogP contribution in [0.2, 0.25) is 0 Å². The highest BCUT2D eigenvalue weighted by Crippen LogP contribution is 2.14. The van der Waals surface area contributed by atoms with Gasteiger partial charge >= 0.3 is 0 Å². The summed E-state index contributed by atoms with van der Waals surface area (Å²) in [5, 5.41) is 0. The highest BCUT2D eigenvalue weighted by atomic mass is 127. The van der Waals surface area contributed by atoms with Gasteiger partial charge in [0.1, 0.15) is 0 Å². The number of rotatable bonds is 14. The Morgan fingerprint density at radius 2 is 1.86 bits per heavy atom. The summed E-state index contributed by atoms with van der Waals surface area (Å²) in [6, 6.07) is 0. The van der Waals surface area contributed by atoms with Gasteiger partial charge in [0.25, 0.3) is 0 Å². The molecular formula is C19H35IO2. The molecule has 1 rings (SSSR count). The van der Waals surface area contributed by atoms with Crippen molar-refractivity contribution in [2.75, 3.05) is 17.6 Å². The molecule has 0 bridgehead atoms. The van der Waals surface area contributed by atoms with E-state index < -0.39 is 23.5 Å². The van der Waals surface area contributed by atoms with Crippen molar-refractivity contribution in [2.45, 2.75) is 89.6 Å². The van der Waals surface area contributed by atoms with E-state index in [4.69, 9.17) is 20.4 Å². The van der Waals surface area contributed by atoms with Gasteiger partial charge in [-0.3, -0.25) is 0 Å². The maximum atomic E-state index is 7.92. The number of hydrogen-bond donors (Lipinski definition) is 0. The minimum Gasteiger partial charge on any atom is -0.353 e. The fourth-order valence-corrected chi connectivity index (χ4v) is 2.51. The Morgan fingerprint density at radius 1 is 1.05 bits per heavy atom. The molecule has 2 nitrogen and oxygen atoms in total. The van der Waals surface area contributed by atoms with Crippen LogP contribution in [-0.2, 0) is 9.47 Å². The van der Waals surface area contributed by atoms with Crippen LogP contribution in [0.5, 0.6) is 0 Å². The number of allylic oxidation sites excluding steroid dienone is 2. The molecule has 130 valence electrons. The largest absolute Gasteiger partial charge is 0.353 e. The van der Waals surface area contributed by atoms with E-state index in [0.29, 0.717) is 6.42 Å². The molecule has 0 saturated carbocycles. The van der Waals surface area contributed by atoms with Gasteiger partial charge in [0.2, 0.25) is 0 Å². The van der Waals surface area contributed by atoms with Crippen molar-refractivity contribution in [3.05, 3.63) is 12.2 Å². The van der Waals surface area contributed by atoms with E-state index in [2.05, 4.69) is 0 Å². The number of halogens is 1. The van der Waals surface area contributed by atoms with Crippen molar-refractivity contribution in [3.63, 3.8) is 0 Å². The maximum Gasteiger partial charge on any atom is 0.157 e. The Balaban J connectivity index is 2.19. The summed E-state index contributed by atoms with van der Waals surface area (Å²) in [6.07, 6.45) is 3.93. The molecule has 1 aliphatic heterocycles. The molecule has 1 aliphatic rings. The zero-order valence-electron chi connectivity index (χ0n) is 21.4. The Kier molecular flexibility index (Phi) is 8.20. The zero-order chi connectivity index (χ0) is 22.9. The van der Waals surface area contributed by atoms with Crippen LogP contribution in [0.4, 0.5) is 0 Å². The number of alkyl halides is 1. The predicted octanol–water partition coefficient (Wildman–Crippen LogP) is 6.42. The van der Waals surface area contributed by atoms with Crippen molar-refractivity contribution in [2.24, 2.45) is 0 Å². The zero-order valence-corrected chi connectivity index (χ0v) is 15.6. The molecule has 0 aromatic heterocycles. The summed E-state index contributed by atoms with van der Waals surface area (Å²) >= 11 is 1.18. The molecule has 1 atom stereocenters. The van der Waals surface area contributed by atoms with Gasteiger partial charge in [-0.1, -0.05) is 60.4 Å². The third-order valence-electron chi connectivity index (χ3n) is 3.59. The van der Waals surface area contributed by atoms with E-state index in [1.54, 1.807) is 0 Å². The molecule has 0 N–H and O–H groups in total. The van der Waals surface area contributed by atoms with Gasteiger partial charge in [0, 0.05) is 24.2 Å². The van der Waals surface area contributed by atoms with E-state index in [-0.39, 0.29) is 6.29 Å². The van der Waals surface area contributed by atoms with Crippen LogP contribution in [0, 0.1) is 0 Å². The van der Waals surface area contributed by atoms with Crippen molar-refractivity contribution in [1.82, 2.24) is 0 Å². The van der Waals surface area contributed by atoms with Crippen LogP contribution in [0.25, 0.3) is 0 Å². The fourth-order valence-electron chi connectivity index (χ4n) is 2.37. The minimum absolute atomic E-state index is 0.0244. The first kappa shape index (κ1) is 11.1. The van der Waals surface area contributed by atoms with Crippen LogP contribution in [-0.4, -0.2) is 23.9 Å². The van der Waals surface area contributed by atoms with Crippen LogP contribution in [0.15, 0.2) is 12.2 Å². The van der Waals surface area contributed by atoms with Crippen molar-refractivity contribution in [3.8, 4) is 0 Å². The SMILES string of the molecule is [2H]C([2H])(I)C([2H])([2H])C([2H])([2H])C([2H])([2H])/C=C\CCCCCCCCOC1CCCCO1. The van der Waals surface area contributed by atoms with Gasteiger partial charge in [-0.15, -0.1) is 0 Å². The molecule has 1 unspecified atom stereocenters. The monoisotopic (exact) mass is 430 g/mol. The molecule has 22 heavy (non-hydrogen) atoms. The van der Waals surface area contributed by atoms with Crippen molar-refractivity contribution < 1.29 is 20.4 Å². The van der Waals surface area contributed by atoms with Gasteiger partial charge in [-0.05, 0) is 62.0 Å². The first-order valence-corrected chi connectivity index (χ1v) is 9.50. The molecule has 3 heteroatoms. The normalized spacial score (nSPS) is 27.0. The standard InChI is InChI=1S/C19H35IO2/c20-16-12-9-7-5-3-1-2-4-6-8-10-13-17-21-19-15-11-14-18-22-19/h3,5,19H,1-2,4,6-18H2/b5-3-/i7D2,9D2,12D2,16D2. The van der Waals surface area contributed by atoms with E-state index >= 15 is 0 Å². The smallest absolute Gasteiger partial charge is 0.157 e. The lowest BCUT2D eigenvalue weighted by Crippen LogP contribution is -2.22. The van der Waals surface area contributed by atoms with Crippen molar-refractivity contribution >= 4 is 22.6 Å². The molecule has 1 fully saturated rings. The van der Waals surface area contributed by atoms with Crippen LogP contribution < -0.4 is 0 Å². The Hall–Kier alpha value is 0.390. The molecule has 0 spiro atoms. The quantitative estimate of drug-likeness (QED) is 0.137. The van der Waals surface area contributed by atoms with Crippen molar-refractivity contribution in [1.29, 1.82) is 0 Å². The van der Waals surface area contributed by atoms with E-state index in [9.17, 15) is 0 Å². The number of hydrogen-bond acceptors (Lipinski definition) is 2. The van der Waals surface area contributed by atoms with E-state index in [0.717, 1.165) is 70.7 Å². The molecular weight excluding hydrogens is 387 g/mol. The minimum atomic E-state index is -3.01. The highest BCUT2D eigenvalue weighted by Gasteiger charge is 2.13. The average molecular weight is 430 g/mol. The predicted molar refractivity (Wildman–Crippen MR) is 104 cm³/mol.